The Kier molecular flexibility index (Phi) is 7.15. The van der Waals surface area contributed by atoms with Gasteiger partial charge in [-0.15, -0.1) is 0 Å². The second-order valence-electron chi connectivity index (χ2n) is 7.59. The molecule has 0 saturated carbocycles. The summed E-state index contributed by atoms with van der Waals surface area (Å²) in [5, 5.41) is 10.4. The third-order valence-corrected chi connectivity index (χ3v) is 6.99. The number of ether oxygens (including phenoxy) is 1. The highest BCUT2D eigenvalue weighted by Crippen LogP contribution is 2.33. The van der Waals surface area contributed by atoms with Crippen LogP contribution in [0.15, 0.2) is 58.5 Å². The average molecular weight is 442 g/mol. The first kappa shape index (κ1) is 22.3. The van der Waals surface area contributed by atoms with Crippen molar-refractivity contribution in [2.24, 2.45) is 0 Å². The van der Waals surface area contributed by atoms with E-state index in [1.807, 2.05) is 49.0 Å². The van der Waals surface area contributed by atoms with E-state index in [2.05, 4.69) is 30.1 Å². The number of anilines is 1. The van der Waals surface area contributed by atoms with Gasteiger partial charge in [-0.3, -0.25) is 0 Å². The van der Waals surface area contributed by atoms with E-state index < -0.39 is 0 Å². The molecule has 3 aromatic rings. The lowest BCUT2D eigenvalue weighted by molar-refractivity contribution is 0.297. The number of hydrogen-bond donors (Lipinski definition) is 2. The molecular formula is C23H27N3O2S2. The summed E-state index contributed by atoms with van der Waals surface area (Å²) < 4.78 is 6.20. The number of phenolic OH excluding ortho intramolecular Hbond substituents is 1. The number of hydrogen-bond acceptors (Lipinski definition) is 7. The SMILES string of the molecule is CSC(C)(C)CCOc1ccc(C)c(-c2cc(Sc3cccc(O)c3)nc(N)n2)c1. The molecule has 3 rings (SSSR count). The van der Waals surface area contributed by atoms with Gasteiger partial charge in [0, 0.05) is 15.2 Å². The van der Waals surface area contributed by atoms with Gasteiger partial charge in [0.2, 0.25) is 5.95 Å². The molecule has 2 aromatic carbocycles. The summed E-state index contributed by atoms with van der Waals surface area (Å²) in [6, 6.07) is 15.0. The average Bonchev–Trinajstić information content (AvgIpc) is 2.69. The summed E-state index contributed by atoms with van der Waals surface area (Å²) in [6.45, 7) is 7.13. The number of aryl methyl sites for hydroxylation is 1. The Hall–Kier alpha value is -2.38. The number of aromatic nitrogens is 2. The highest BCUT2D eigenvalue weighted by atomic mass is 32.2. The molecule has 3 N–H and O–H groups in total. The first-order valence-corrected chi connectivity index (χ1v) is 11.7. The molecule has 0 saturated heterocycles. The molecule has 0 spiro atoms. The summed E-state index contributed by atoms with van der Waals surface area (Å²) in [5.41, 5.74) is 8.78. The van der Waals surface area contributed by atoms with Crippen molar-refractivity contribution in [2.75, 3.05) is 18.6 Å². The zero-order valence-electron chi connectivity index (χ0n) is 17.7. The fourth-order valence-corrected chi connectivity index (χ4v) is 3.95. The van der Waals surface area contributed by atoms with Gasteiger partial charge in [0.25, 0.3) is 0 Å². The number of benzene rings is 2. The van der Waals surface area contributed by atoms with Crippen molar-refractivity contribution in [3.63, 3.8) is 0 Å². The van der Waals surface area contributed by atoms with Crippen LogP contribution in [0, 0.1) is 6.92 Å². The largest absolute Gasteiger partial charge is 0.508 e. The van der Waals surface area contributed by atoms with Gasteiger partial charge in [-0.05, 0) is 61.6 Å². The highest BCUT2D eigenvalue weighted by molar-refractivity contribution is 8.00. The first-order chi connectivity index (χ1) is 14.3. The predicted molar refractivity (Wildman–Crippen MR) is 127 cm³/mol. The molecule has 5 nitrogen and oxygen atoms in total. The van der Waals surface area contributed by atoms with Gasteiger partial charge in [0.1, 0.15) is 16.5 Å². The maximum Gasteiger partial charge on any atom is 0.221 e. The molecule has 30 heavy (non-hydrogen) atoms. The van der Waals surface area contributed by atoms with Crippen molar-refractivity contribution >= 4 is 29.5 Å². The topological polar surface area (TPSA) is 81.3 Å². The molecule has 0 bridgehead atoms. The third kappa shape index (κ3) is 6.06. The maximum absolute atomic E-state index is 9.70. The van der Waals surface area contributed by atoms with Crippen LogP contribution in [0.4, 0.5) is 5.95 Å². The van der Waals surface area contributed by atoms with Gasteiger partial charge >= 0.3 is 0 Å². The lowest BCUT2D eigenvalue weighted by atomic mass is 10.1. The van der Waals surface area contributed by atoms with Crippen molar-refractivity contribution in [1.82, 2.24) is 9.97 Å². The Morgan fingerprint density at radius 3 is 2.63 bits per heavy atom. The number of nitrogens with two attached hydrogens (primary N) is 1. The molecule has 0 fully saturated rings. The number of nitrogen functional groups attached to an aromatic ring is 1. The van der Waals surface area contributed by atoms with Crippen molar-refractivity contribution in [2.45, 2.75) is 41.9 Å². The van der Waals surface area contributed by atoms with E-state index in [0.717, 1.165) is 38.9 Å². The van der Waals surface area contributed by atoms with E-state index in [9.17, 15) is 5.11 Å². The molecule has 1 aromatic heterocycles. The number of thioether (sulfide) groups is 1. The Morgan fingerprint density at radius 2 is 1.90 bits per heavy atom. The van der Waals surface area contributed by atoms with Gasteiger partial charge in [0.15, 0.2) is 0 Å². The first-order valence-electron chi connectivity index (χ1n) is 9.66. The second-order valence-corrected chi connectivity index (χ2v) is 10.2. The normalized spacial score (nSPS) is 11.5. The van der Waals surface area contributed by atoms with Gasteiger partial charge < -0.3 is 15.6 Å². The minimum absolute atomic E-state index is 0.187. The van der Waals surface area contributed by atoms with E-state index >= 15 is 0 Å². The summed E-state index contributed by atoms with van der Waals surface area (Å²) in [6.07, 6.45) is 3.08. The summed E-state index contributed by atoms with van der Waals surface area (Å²) in [4.78, 5) is 9.66. The molecule has 0 unspecified atom stereocenters. The standard InChI is InChI=1S/C23H27N3O2S2/c1-15-8-9-17(28-11-10-23(2,3)29-4)13-19(15)20-14-21(26-22(24)25-20)30-18-7-5-6-16(27)12-18/h5-9,12-14,27H,10-11H2,1-4H3,(H2,24,25,26). The van der Waals surface area contributed by atoms with Gasteiger partial charge in [-0.2, -0.15) is 11.8 Å². The highest BCUT2D eigenvalue weighted by Gasteiger charge is 2.16. The fraction of sp³-hybridized carbons (Fsp3) is 0.304. The minimum atomic E-state index is 0.187. The van der Waals surface area contributed by atoms with Crippen LogP contribution in [0.25, 0.3) is 11.3 Å². The molecule has 7 heteroatoms. The van der Waals surface area contributed by atoms with Gasteiger partial charge in [-0.25, -0.2) is 9.97 Å². The third-order valence-electron chi connectivity index (χ3n) is 4.77. The monoisotopic (exact) mass is 441 g/mol. The summed E-state index contributed by atoms with van der Waals surface area (Å²) in [7, 11) is 0. The Balaban J connectivity index is 1.83. The predicted octanol–water partition coefficient (Wildman–Crippen LogP) is 5.80. The van der Waals surface area contributed by atoms with Crippen LogP contribution in [0.5, 0.6) is 11.5 Å². The molecule has 0 amide bonds. The van der Waals surface area contributed by atoms with Crippen molar-refractivity contribution < 1.29 is 9.84 Å². The van der Waals surface area contributed by atoms with Crippen LogP contribution in [-0.4, -0.2) is 32.7 Å². The van der Waals surface area contributed by atoms with E-state index in [1.165, 1.54) is 11.8 Å². The van der Waals surface area contributed by atoms with Crippen LogP contribution in [0.2, 0.25) is 0 Å². The fourth-order valence-electron chi connectivity index (χ4n) is 2.78. The van der Waals surface area contributed by atoms with Gasteiger partial charge in [-0.1, -0.05) is 37.7 Å². The Bertz CT molecular complexity index is 1030. The van der Waals surface area contributed by atoms with E-state index in [1.54, 1.807) is 18.2 Å². The van der Waals surface area contributed by atoms with Crippen LogP contribution < -0.4 is 10.5 Å². The van der Waals surface area contributed by atoms with Crippen LogP contribution in [-0.2, 0) is 0 Å². The lowest BCUT2D eigenvalue weighted by Gasteiger charge is -2.21. The smallest absolute Gasteiger partial charge is 0.221 e. The van der Waals surface area contributed by atoms with Crippen molar-refractivity contribution in [3.8, 4) is 22.8 Å². The molecule has 0 radical (unpaired) electrons. The Morgan fingerprint density at radius 1 is 1.10 bits per heavy atom. The molecule has 158 valence electrons. The minimum Gasteiger partial charge on any atom is -0.508 e. The maximum atomic E-state index is 9.70. The molecule has 0 aliphatic carbocycles. The van der Waals surface area contributed by atoms with E-state index in [4.69, 9.17) is 10.5 Å². The van der Waals surface area contributed by atoms with Crippen molar-refractivity contribution in [3.05, 3.63) is 54.1 Å². The zero-order valence-corrected chi connectivity index (χ0v) is 19.3. The summed E-state index contributed by atoms with van der Waals surface area (Å²) in [5.74, 6) is 1.24. The van der Waals surface area contributed by atoms with Crippen molar-refractivity contribution in [1.29, 1.82) is 0 Å². The molecule has 1 heterocycles. The number of nitrogens with zero attached hydrogens (tertiary/aromatic N) is 2. The van der Waals surface area contributed by atoms with Crippen LogP contribution in [0.1, 0.15) is 25.8 Å². The summed E-state index contributed by atoms with van der Waals surface area (Å²) >= 11 is 3.27. The van der Waals surface area contributed by atoms with E-state index in [0.29, 0.717) is 6.61 Å². The van der Waals surface area contributed by atoms with Crippen LogP contribution in [0.3, 0.4) is 0 Å². The number of rotatable bonds is 8. The zero-order chi connectivity index (χ0) is 21.7. The quantitative estimate of drug-likeness (QED) is 0.427. The molecule has 0 aliphatic heterocycles. The number of aromatic hydroxyl groups is 1. The number of phenols is 1. The second kappa shape index (κ2) is 9.62. The molecular weight excluding hydrogens is 414 g/mol. The molecule has 0 aliphatic rings. The lowest BCUT2D eigenvalue weighted by Crippen LogP contribution is -2.18. The Labute approximate surface area is 186 Å². The van der Waals surface area contributed by atoms with E-state index in [-0.39, 0.29) is 16.4 Å². The van der Waals surface area contributed by atoms with Crippen LogP contribution >= 0.6 is 23.5 Å². The molecule has 0 atom stereocenters. The van der Waals surface area contributed by atoms with Gasteiger partial charge in [0.05, 0.1) is 12.3 Å².